The van der Waals surface area contributed by atoms with Crippen LogP contribution in [-0.4, -0.2) is 46.5 Å². The average molecular weight is 427 g/mol. The predicted molar refractivity (Wildman–Crippen MR) is 124 cm³/mol. The number of likely N-dealkylation sites (tertiary alicyclic amines) is 1. The molecule has 3 rings (SSSR count). The molecular formula is C23H30N4O2S. The van der Waals surface area contributed by atoms with Crippen molar-refractivity contribution in [1.82, 2.24) is 14.9 Å². The second-order valence-electron chi connectivity index (χ2n) is 7.38. The highest BCUT2D eigenvalue weighted by Crippen LogP contribution is 2.19. The minimum absolute atomic E-state index is 0.00845. The lowest BCUT2D eigenvalue weighted by molar-refractivity contribution is 0.375. The van der Waals surface area contributed by atoms with Gasteiger partial charge in [0.1, 0.15) is 0 Å². The Labute approximate surface area is 179 Å². The fraction of sp³-hybridized carbons (Fsp3) is 0.348. The van der Waals surface area contributed by atoms with Gasteiger partial charge in [-0.15, -0.1) is 0 Å². The molecule has 7 heteroatoms. The van der Waals surface area contributed by atoms with Gasteiger partial charge in [-0.1, -0.05) is 66.2 Å². The summed E-state index contributed by atoms with van der Waals surface area (Å²) in [6.07, 6.45) is 4.36. The number of rotatable bonds is 6. The van der Waals surface area contributed by atoms with Gasteiger partial charge in [-0.3, -0.25) is 4.99 Å². The van der Waals surface area contributed by atoms with Crippen LogP contribution in [0.2, 0.25) is 0 Å². The molecule has 1 aliphatic heterocycles. The zero-order valence-corrected chi connectivity index (χ0v) is 18.5. The first-order chi connectivity index (χ1) is 14.5. The van der Waals surface area contributed by atoms with Crippen molar-refractivity contribution < 1.29 is 8.42 Å². The molecule has 1 saturated heterocycles. The SMILES string of the molecule is CN=C(NCc1ccc(CS(=O)(=O)NC)cc1)N1CCC(=Cc2ccccc2)CC1. The Morgan fingerprint density at radius 3 is 2.27 bits per heavy atom. The van der Waals surface area contributed by atoms with Crippen molar-refractivity contribution in [2.45, 2.75) is 25.1 Å². The molecule has 1 aliphatic rings. The zero-order valence-electron chi connectivity index (χ0n) is 17.6. The Kier molecular flexibility index (Phi) is 7.65. The molecule has 160 valence electrons. The van der Waals surface area contributed by atoms with E-state index in [0.717, 1.165) is 43.0 Å². The number of hydrogen-bond acceptors (Lipinski definition) is 3. The largest absolute Gasteiger partial charge is 0.352 e. The number of piperidine rings is 1. The van der Waals surface area contributed by atoms with Crippen molar-refractivity contribution in [2.75, 3.05) is 27.2 Å². The van der Waals surface area contributed by atoms with Gasteiger partial charge in [0, 0.05) is 26.7 Å². The summed E-state index contributed by atoms with van der Waals surface area (Å²) in [6, 6.07) is 18.1. The lowest BCUT2D eigenvalue weighted by Gasteiger charge is -2.31. The van der Waals surface area contributed by atoms with E-state index in [1.165, 1.54) is 18.2 Å². The highest BCUT2D eigenvalue weighted by Gasteiger charge is 2.17. The molecule has 0 aliphatic carbocycles. The van der Waals surface area contributed by atoms with Gasteiger partial charge >= 0.3 is 0 Å². The van der Waals surface area contributed by atoms with Gasteiger partial charge in [-0.25, -0.2) is 13.1 Å². The van der Waals surface area contributed by atoms with Crippen LogP contribution in [0.25, 0.3) is 6.08 Å². The molecular weight excluding hydrogens is 396 g/mol. The van der Waals surface area contributed by atoms with Crippen molar-refractivity contribution in [2.24, 2.45) is 4.99 Å². The van der Waals surface area contributed by atoms with Gasteiger partial charge in [-0.2, -0.15) is 0 Å². The van der Waals surface area contributed by atoms with Crippen LogP contribution < -0.4 is 10.0 Å². The van der Waals surface area contributed by atoms with E-state index in [2.05, 4.69) is 50.3 Å². The van der Waals surface area contributed by atoms with Crippen molar-refractivity contribution in [3.63, 3.8) is 0 Å². The molecule has 0 radical (unpaired) electrons. The molecule has 0 atom stereocenters. The van der Waals surface area contributed by atoms with E-state index in [1.54, 1.807) is 0 Å². The molecule has 2 aromatic carbocycles. The molecule has 0 amide bonds. The maximum atomic E-state index is 11.7. The molecule has 30 heavy (non-hydrogen) atoms. The molecule has 0 bridgehead atoms. The Bertz CT molecular complexity index is 974. The summed E-state index contributed by atoms with van der Waals surface area (Å²) < 4.78 is 25.7. The van der Waals surface area contributed by atoms with Crippen molar-refractivity contribution in [3.8, 4) is 0 Å². The van der Waals surface area contributed by atoms with Crippen LogP contribution in [0.15, 0.2) is 65.2 Å². The van der Waals surface area contributed by atoms with Crippen LogP contribution in [0.4, 0.5) is 0 Å². The average Bonchev–Trinajstić information content (AvgIpc) is 2.77. The predicted octanol–water partition coefficient (Wildman–Crippen LogP) is 2.99. The van der Waals surface area contributed by atoms with Crippen LogP contribution in [0.3, 0.4) is 0 Å². The first-order valence-electron chi connectivity index (χ1n) is 10.2. The van der Waals surface area contributed by atoms with Crippen molar-refractivity contribution >= 4 is 22.1 Å². The summed E-state index contributed by atoms with van der Waals surface area (Å²) in [5, 5.41) is 3.42. The Morgan fingerprint density at radius 1 is 1.03 bits per heavy atom. The monoisotopic (exact) mass is 426 g/mol. The number of benzene rings is 2. The van der Waals surface area contributed by atoms with Gasteiger partial charge in [0.05, 0.1) is 5.75 Å². The molecule has 2 N–H and O–H groups in total. The van der Waals surface area contributed by atoms with Gasteiger partial charge in [-0.05, 0) is 36.6 Å². The normalized spacial score (nSPS) is 15.2. The van der Waals surface area contributed by atoms with Gasteiger partial charge in [0.15, 0.2) is 5.96 Å². The van der Waals surface area contributed by atoms with E-state index < -0.39 is 10.0 Å². The van der Waals surface area contributed by atoms with Gasteiger partial charge < -0.3 is 10.2 Å². The van der Waals surface area contributed by atoms with Crippen LogP contribution in [0, 0.1) is 0 Å². The third kappa shape index (κ3) is 6.43. The van der Waals surface area contributed by atoms with Crippen molar-refractivity contribution in [1.29, 1.82) is 0 Å². The van der Waals surface area contributed by atoms with Crippen LogP contribution in [0.1, 0.15) is 29.5 Å². The summed E-state index contributed by atoms with van der Waals surface area (Å²) in [5.74, 6) is 0.890. The smallest absolute Gasteiger partial charge is 0.215 e. The molecule has 0 unspecified atom stereocenters. The van der Waals surface area contributed by atoms with Crippen LogP contribution >= 0.6 is 0 Å². The van der Waals surface area contributed by atoms with E-state index in [-0.39, 0.29) is 5.75 Å². The summed E-state index contributed by atoms with van der Waals surface area (Å²) in [4.78, 5) is 6.73. The highest BCUT2D eigenvalue weighted by molar-refractivity contribution is 7.88. The number of guanidine groups is 1. The summed E-state index contributed by atoms with van der Waals surface area (Å²) in [6.45, 7) is 2.53. The fourth-order valence-corrected chi connectivity index (χ4v) is 4.27. The molecule has 2 aromatic rings. The first kappa shape index (κ1) is 22.1. The zero-order chi connectivity index (χ0) is 21.4. The molecule has 0 spiro atoms. The lowest BCUT2D eigenvalue weighted by Crippen LogP contribution is -2.44. The van der Waals surface area contributed by atoms with E-state index in [9.17, 15) is 8.42 Å². The molecule has 0 aromatic heterocycles. The maximum absolute atomic E-state index is 11.7. The maximum Gasteiger partial charge on any atom is 0.215 e. The quantitative estimate of drug-likeness (QED) is 0.550. The van der Waals surface area contributed by atoms with Gasteiger partial charge in [0.2, 0.25) is 10.0 Å². The second kappa shape index (κ2) is 10.4. The molecule has 1 fully saturated rings. The van der Waals surface area contributed by atoms with E-state index in [4.69, 9.17) is 0 Å². The minimum Gasteiger partial charge on any atom is -0.352 e. The van der Waals surface area contributed by atoms with E-state index in [1.807, 2.05) is 37.4 Å². The van der Waals surface area contributed by atoms with Crippen LogP contribution in [-0.2, 0) is 22.3 Å². The lowest BCUT2D eigenvalue weighted by atomic mass is 10.0. The standard InChI is InChI=1S/C23H30N4O2S/c1-24-23(26-17-21-8-10-22(11-9-21)18-30(28,29)25-2)27-14-12-20(13-15-27)16-19-6-4-3-5-7-19/h3-11,16,25H,12-15,17-18H2,1-2H3,(H,24,26). The number of hydrogen-bond donors (Lipinski definition) is 2. The van der Waals surface area contributed by atoms with Gasteiger partial charge in [0.25, 0.3) is 0 Å². The number of aliphatic imine (C=N–C) groups is 1. The Hall–Kier alpha value is -2.64. The fourth-order valence-electron chi connectivity index (χ4n) is 3.49. The number of nitrogens with zero attached hydrogens (tertiary/aromatic N) is 2. The Morgan fingerprint density at radius 2 is 1.67 bits per heavy atom. The van der Waals surface area contributed by atoms with Crippen molar-refractivity contribution in [3.05, 3.63) is 76.9 Å². The molecule has 6 nitrogen and oxygen atoms in total. The number of sulfonamides is 1. The topological polar surface area (TPSA) is 73.8 Å². The molecule has 1 heterocycles. The second-order valence-corrected chi connectivity index (χ2v) is 9.31. The minimum atomic E-state index is -3.25. The third-order valence-electron chi connectivity index (χ3n) is 5.23. The van der Waals surface area contributed by atoms with Crippen LogP contribution in [0.5, 0.6) is 0 Å². The summed E-state index contributed by atoms with van der Waals surface area (Å²) >= 11 is 0. The Balaban J connectivity index is 1.51. The third-order valence-corrected chi connectivity index (χ3v) is 6.56. The highest BCUT2D eigenvalue weighted by atomic mass is 32.2. The molecule has 0 saturated carbocycles. The van der Waals surface area contributed by atoms with E-state index >= 15 is 0 Å². The number of nitrogens with one attached hydrogen (secondary N) is 2. The first-order valence-corrected chi connectivity index (χ1v) is 11.8. The summed E-state index contributed by atoms with van der Waals surface area (Å²) in [7, 11) is -0.0105. The summed E-state index contributed by atoms with van der Waals surface area (Å²) in [5.41, 5.74) is 4.59. The van der Waals surface area contributed by atoms with E-state index in [0.29, 0.717) is 6.54 Å².